The number of carbonyl (C=O) groups is 2. The van der Waals surface area contributed by atoms with Gasteiger partial charge in [-0.25, -0.2) is 0 Å². The summed E-state index contributed by atoms with van der Waals surface area (Å²) in [5, 5.41) is 6.55. The second-order valence-electron chi connectivity index (χ2n) is 4.24. The van der Waals surface area contributed by atoms with E-state index in [0.717, 1.165) is 19.5 Å². The average molecular weight is 211 g/mol. The molecule has 0 aromatic rings. The number of imide groups is 1. The van der Waals surface area contributed by atoms with E-state index in [4.69, 9.17) is 0 Å². The highest BCUT2D eigenvalue weighted by atomic mass is 16.2. The Kier molecular flexibility index (Phi) is 3.02. The van der Waals surface area contributed by atoms with Gasteiger partial charge in [0.2, 0.25) is 11.8 Å². The third kappa shape index (κ3) is 2.18. The number of carbonyl (C=O) groups excluding carboxylic acids is 2. The van der Waals surface area contributed by atoms with E-state index in [9.17, 15) is 9.59 Å². The summed E-state index contributed by atoms with van der Waals surface area (Å²) in [6, 6.07) is 0.207. The van der Waals surface area contributed by atoms with Gasteiger partial charge in [0.25, 0.3) is 0 Å². The Labute approximate surface area is 89.2 Å². The fraction of sp³-hybridized carbons (Fsp3) is 0.800. The van der Waals surface area contributed by atoms with E-state index in [1.807, 2.05) is 0 Å². The number of likely N-dealkylation sites (N-methyl/N-ethyl adjacent to an activating group) is 1. The SMILES string of the molecule is CN1C(=O)CCC(NC2CCNC2)C1=O. The number of piperidine rings is 1. The number of likely N-dealkylation sites (tertiary alicyclic amines) is 1. The van der Waals surface area contributed by atoms with Gasteiger partial charge in [-0.2, -0.15) is 0 Å². The highest BCUT2D eigenvalue weighted by molar-refractivity contribution is 6.00. The van der Waals surface area contributed by atoms with Crippen LogP contribution in [-0.2, 0) is 9.59 Å². The molecule has 0 spiro atoms. The Hall–Kier alpha value is -0.940. The van der Waals surface area contributed by atoms with Crippen molar-refractivity contribution in [3.05, 3.63) is 0 Å². The first kappa shape index (κ1) is 10.6. The van der Waals surface area contributed by atoms with Gasteiger partial charge in [-0.3, -0.25) is 14.5 Å². The molecule has 0 aromatic carbocycles. The number of hydrogen-bond donors (Lipinski definition) is 2. The molecule has 0 aliphatic carbocycles. The van der Waals surface area contributed by atoms with Crippen LogP contribution in [0.15, 0.2) is 0 Å². The van der Waals surface area contributed by atoms with Crippen LogP contribution in [0.2, 0.25) is 0 Å². The van der Waals surface area contributed by atoms with Crippen LogP contribution in [0.4, 0.5) is 0 Å². The van der Waals surface area contributed by atoms with Gasteiger partial charge in [0.05, 0.1) is 6.04 Å². The molecule has 2 atom stereocenters. The zero-order chi connectivity index (χ0) is 10.8. The quantitative estimate of drug-likeness (QED) is 0.580. The fourth-order valence-corrected chi connectivity index (χ4v) is 2.15. The summed E-state index contributed by atoms with van der Waals surface area (Å²) in [6.45, 7) is 1.93. The Morgan fingerprint density at radius 2 is 2.20 bits per heavy atom. The summed E-state index contributed by atoms with van der Waals surface area (Å²) in [7, 11) is 1.56. The van der Waals surface area contributed by atoms with Crippen LogP contribution in [0.3, 0.4) is 0 Å². The summed E-state index contributed by atoms with van der Waals surface area (Å²) in [6.07, 6.45) is 2.17. The molecule has 2 fully saturated rings. The van der Waals surface area contributed by atoms with Crippen LogP contribution in [-0.4, -0.2) is 48.9 Å². The van der Waals surface area contributed by atoms with Gasteiger partial charge in [-0.15, -0.1) is 0 Å². The number of hydrogen-bond acceptors (Lipinski definition) is 4. The van der Waals surface area contributed by atoms with Gasteiger partial charge in [0, 0.05) is 26.1 Å². The van der Waals surface area contributed by atoms with Crippen LogP contribution >= 0.6 is 0 Å². The van der Waals surface area contributed by atoms with Crippen molar-refractivity contribution in [3.8, 4) is 0 Å². The van der Waals surface area contributed by atoms with Gasteiger partial charge in [0.15, 0.2) is 0 Å². The molecule has 2 saturated heterocycles. The lowest BCUT2D eigenvalue weighted by Crippen LogP contribution is -2.54. The third-order valence-electron chi connectivity index (χ3n) is 3.15. The summed E-state index contributed by atoms with van der Waals surface area (Å²) in [5.74, 6) is -0.152. The first-order valence-corrected chi connectivity index (χ1v) is 5.45. The lowest BCUT2D eigenvalue weighted by atomic mass is 10.0. The standard InChI is InChI=1S/C10H17N3O2/c1-13-9(14)3-2-8(10(13)15)12-7-4-5-11-6-7/h7-8,11-12H,2-6H2,1H3. The van der Waals surface area contributed by atoms with E-state index in [0.29, 0.717) is 18.9 Å². The largest absolute Gasteiger partial charge is 0.315 e. The summed E-state index contributed by atoms with van der Waals surface area (Å²) >= 11 is 0. The van der Waals surface area contributed by atoms with Crippen molar-refractivity contribution in [2.24, 2.45) is 0 Å². The van der Waals surface area contributed by atoms with Crippen LogP contribution < -0.4 is 10.6 Å². The predicted molar refractivity (Wildman–Crippen MR) is 55.2 cm³/mol. The molecule has 15 heavy (non-hydrogen) atoms. The zero-order valence-corrected chi connectivity index (χ0v) is 8.95. The maximum absolute atomic E-state index is 11.7. The van der Waals surface area contributed by atoms with Crippen molar-refractivity contribution in [2.75, 3.05) is 20.1 Å². The molecule has 2 unspecified atom stereocenters. The minimum atomic E-state index is -0.169. The van der Waals surface area contributed by atoms with E-state index >= 15 is 0 Å². The topological polar surface area (TPSA) is 61.4 Å². The molecule has 2 amide bonds. The van der Waals surface area contributed by atoms with E-state index in [1.165, 1.54) is 4.90 Å². The van der Waals surface area contributed by atoms with E-state index in [-0.39, 0.29) is 17.9 Å². The van der Waals surface area contributed by atoms with Crippen LogP contribution in [0, 0.1) is 0 Å². The predicted octanol–water partition coefficient (Wildman–Crippen LogP) is -0.915. The first-order valence-electron chi connectivity index (χ1n) is 5.45. The molecular weight excluding hydrogens is 194 g/mol. The maximum Gasteiger partial charge on any atom is 0.246 e. The van der Waals surface area contributed by atoms with Crippen molar-refractivity contribution >= 4 is 11.8 Å². The van der Waals surface area contributed by atoms with Gasteiger partial charge in [-0.1, -0.05) is 0 Å². The van der Waals surface area contributed by atoms with Crippen molar-refractivity contribution in [3.63, 3.8) is 0 Å². The molecule has 2 aliphatic heterocycles. The summed E-state index contributed by atoms with van der Waals surface area (Å²) in [5.41, 5.74) is 0. The van der Waals surface area contributed by atoms with Crippen LogP contribution in [0.1, 0.15) is 19.3 Å². The van der Waals surface area contributed by atoms with Crippen LogP contribution in [0.5, 0.6) is 0 Å². The molecule has 0 bridgehead atoms. The molecule has 2 aliphatic rings. The van der Waals surface area contributed by atoms with Gasteiger partial charge in [-0.05, 0) is 19.4 Å². The first-order chi connectivity index (χ1) is 7.18. The molecule has 0 saturated carbocycles. The van der Waals surface area contributed by atoms with Crippen molar-refractivity contribution in [1.82, 2.24) is 15.5 Å². The molecule has 2 heterocycles. The molecule has 0 aromatic heterocycles. The lowest BCUT2D eigenvalue weighted by Gasteiger charge is -2.30. The Bertz CT molecular complexity index is 274. The molecule has 2 rings (SSSR count). The van der Waals surface area contributed by atoms with Crippen molar-refractivity contribution in [2.45, 2.75) is 31.3 Å². The zero-order valence-electron chi connectivity index (χ0n) is 8.95. The average Bonchev–Trinajstić information content (AvgIpc) is 2.72. The van der Waals surface area contributed by atoms with Crippen molar-refractivity contribution < 1.29 is 9.59 Å². The molecule has 5 nitrogen and oxygen atoms in total. The third-order valence-corrected chi connectivity index (χ3v) is 3.15. The minimum Gasteiger partial charge on any atom is -0.315 e. The van der Waals surface area contributed by atoms with Crippen LogP contribution in [0.25, 0.3) is 0 Å². The summed E-state index contributed by atoms with van der Waals surface area (Å²) in [4.78, 5) is 24.2. The smallest absolute Gasteiger partial charge is 0.246 e. The van der Waals surface area contributed by atoms with E-state index < -0.39 is 0 Å². The van der Waals surface area contributed by atoms with E-state index in [1.54, 1.807) is 7.05 Å². The van der Waals surface area contributed by atoms with Gasteiger partial charge < -0.3 is 10.6 Å². The van der Waals surface area contributed by atoms with E-state index in [2.05, 4.69) is 10.6 Å². The maximum atomic E-state index is 11.7. The molecule has 5 heteroatoms. The highest BCUT2D eigenvalue weighted by Crippen LogP contribution is 2.13. The lowest BCUT2D eigenvalue weighted by molar-refractivity contribution is -0.148. The number of nitrogens with one attached hydrogen (secondary N) is 2. The normalized spacial score (nSPS) is 32.5. The summed E-state index contributed by atoms with van der Waals surface area (Å²) < 4.78 is 0. The molecular formula is C10H17N3O2. The Morgan fingerprint density at radius 1 is 1.40 bits per heavy atom. The number of rotatable bonds is 2. The second-order valence-corrected chi connectivity index (χ2v) is 4.24. The fourth-order valence-electron chi connectivity index (χ4n) is 2.15. The number of nitrogens with zero attached hydrogens (tertiary/aromatic N) is 1. The van der Waals surface area contributed by atoms with Gasteiger partial charge >= 0.3 is 0 Å². The minimum absolute atomic E-state index is 0.0670. The molecule has 84 valence electrons. The second kappa shape index (κ2) is 4.28. The monoisotopic (exact) mass is 211 g/mol. The molecule has 0 radical (unpaired) electrons. The Morgan fingerprint density at radius 3 is 2.87 bits per heavy atom. The number of amides is 2. The highest BCUT2D eigenvalue weighted by Gasteiger charge is 2.33. The van der Waals surface area contributed by atoms with Crippen molar-refractivity contribution in [1.29, 1.82) is 0 Å². The van der Waals surface area contributed by atoms with Gasteiger partial charge in [0.1, 0.15) is 0 Å². The Balaban J connectivity index is 1.92. The molecule has 2 N–H and O–H groups in total.